The number of benzene rings is 4. The van der Waals surface area contributed by atoms with Crippen molar-refractivity contribution in [1.29, 1.82) is 0 Å². The van der Waals surface area contributed by atoms with Crippen LogP contribution in [0.15, 0.2) is 89.8 Å². The number of aryl methyl sites for hydroxylation is 2. The summed E-state index contributed by atoms with van der Waals surface area (Å²) in [5.74, 6) is -0.434. The number of anilines is 1. The number of fused-ring (bicyclic) bond motifs is 1. The maximum Gasteiger partial charge on any atom is 0.244 e. The van der Waals surface area contributed by atoms with E-state index in [1.807, 2.05) is 49.4 Å². The SMILES string of the molecule is Cc1ccc(C)c(S(=O)(=O)N(CC(=O)Nc2ccc3ccccc3c2)Cc2ccccc2Cl)c1. The van der Waals surface area contributed by atoms with Gasteiger partial charge in [0.05, 0.1) is 11.4 Å². The third kappa shape index (κ3) is 5.30. The van der Waals surface area contributed by atoms with Crippen LogP contribution >= 0.6 is 11.6 Å². The third-order valence-electron chi connectivity index (χ3n) is 5.62. The topological polar surface area (TPSA) is 66.5 Å². The van der Waals surface area contributed by atoms with E-state index in [1.54, 1.807) is 49.4 Å². The molecule has 1 N–H and O–H groups in total. The Bertz CT molecular complexity index is 1470. The van der Waals surface area contributed by atoms with Crippen LogP contribution in [-0.2, 0) is 21.4 Å². The van der Waals surface area contributed by atoms with Gasteiger partial charge in [-0.05, 0) is 65.6 Å². The van der Waals surface area contributed by atoms with Crippen molar-refractivity contribution < 1.29 is 13.2 Å². The van der Waals surface area contributed by atoms with Crippen molar-refractivity contribution in [3.8, 4) is 0 Å². The fraction of sp³-hybridized carbons (Fsp3) is 0.148. The summed E-state index contributed by atoms with van der Waals surface area (Å²) in [4.78, 5) is 13.2. The number of rotatable bonds is 7. The molecule has 1 amide bonds. The van der Waals surface area contributed by atoms with Crippen molar-refractivity contribution in [3.05, 3.63) is 107 Å². The van der Waals surface area contributed by atoms with Gasteiger partial charge in [-0.15, -0.1) is 0 Å². The summed E-state index contributed by atoms with van der Waals surface area (Å²) in [6.07, 6.45) is 0. The zero-order chi connectivity index (χ0) is 24.3. The van der Waals surface area contributed by atoms with Crippen LogP contribution in [0.5, 0.6) is 0 Å². The van der Waals surface area contributed by atoms with Gasteiger partial charge in [-0.3, -0.25) is 4.79 Å². The molecule has 0 saturated heterocycles. The smallest absolute Gasteiger partial charge is 0.244 e. The Kier molecular flexibility index (Phi) is 7.03. The Morgan fingerprint density at radius 3 is 2.35 bits per heavy atom. The van der Waals surface area contributed by atoms with Crippen LogP contribution in [0.25, 0.3) is 10.8 Å². The molecular formula is C27H25ClN2O3S. The molecule has 0 aliphatic heterocycles. The first-order valence-corrected chi connectivity index (χ1v) is 12.7. The molecule has 4 rings (SSSR count). The zero-order valence-corrected chi connectivity index (χ0v) is 20.5. The van der Waals surface area contributed by atoms with Crippen molar-refractivity contribution in [2.24, 2.45) is 0 Å². The molecule has 4 aromatic rings. The standard InChI is InChI=1S/C27H25ClN2O3S/c1-19-11-12-20(2)26(15-19)34(32,33)30(17-23-9-5-6-10-25(23)28)18-27(31)29-24-14-13-21-7-3-4-8-22(21)16-24/h3-16H,17-18H2,1-2H3,(H,29,31). The molecule has 0 fully saturated rings. The van der Waals surface area contributed by atoms with E-state index >= 15 is 0 Å². The van der Waals surface area contributed by atoms with E-state index in [0.29, 0.717) is 21.8 Å². The molecule has 0 unspecified atom stereocenters. The highest BCUT2D eigenvalue weighted by Crippen LogP contribution is 2.26. The summed E-state index contributed by atoms with van der Waals surface area (Å²) in [5.41, 5.74) is 2.66. The second-order valence-corrected chi connectivity index (χ2v) is 10.6. The third-order valence-corrected chi connectivity index (χ3v) is 7.92. The normalized spacial score (nSPS) is 11.6. The zero-order valence-electron chi connectivity index (χ0n) is 19.0. The molecule has 0 spiro atoms. The lowest BCUT2D eigenvalue weighted by molar-refractivity contribution is -0.116. The van der Waals surface area contributed by atoms with Crippen molar-refractivity contribution in [2.75, 3.05) is 11.9 Å². The first-order chi connectivity index (χ1) is 16.2. The van der Waals surface area contributed by atoms with Gasteiger partial charge >= 0.3 is 0 Å². The largest absolute Gasteiger partial charge is 0.325 e. The van der Waals surface area contributed by atoms with E-state index in [2.05, 4.69) is 5.32 Å². The summed E-state index contributed by atoms with van der Waals surface area (Å²) in [5, 5.41) is 5.32. The van der Waals surface area contributed by atoms with Gasteiger partial charge in [0, 0.05) is 17.3 Å². The first-order valence-electron chi connectivity index (χ1n) is 10.8. The summed E-state index contributed by atoms with van der Waals surface area (Å²) >= 11 is 6.32. The molecule has 174 valence electrons. The summed E-state index contributed by atoms with van der Waals surface area (Å²) in [6, 6.07) is 25.7. The van der Waals surface area contributed by atoms with E-state index in [1.165, 1.54) is 4.31 Å². The second kappa shape index (κ2) is 9.97. The van der Waals surface area contributed by atoms with Crippen LogP contribution in [0.2, 0.25) is 5.02 Å². The van der Waals surface area contributed by atoms with Gasteiger partial charge in [-0.2, -0.15) is 4.31 Å². The maximum atomic E-state index is 13.7. The van der Waals surface area contributed by atoms with Crippen molar-refractivity contribution in [3.63, 3.8) is 0 Å². The van der Waals surface area contributed by atoms with Crippen LogP contribution in [0.4, 0.5) is 5.69 Å². The molecule has 0 aliphatic rings. The predicted molar refractivity (Wildman–Crippen MR) is 138 cm³/mol. The van der Waals surface area contributed by atoms with Crippen LogP contribution < -0.4 is 5.32 Å². The number of nitrogens with zero attached hydrogens (tertiary/aromatic N) is 1. The van der Waals surface area contributed by atoms with Crippen molar-refractivity contribution in [2.45, 2.75) is 25.3 Å². The van der Waals surface area contributed by atoms with Crippen LogP contribution in [-0.4, -0.2) is 25.2 Å². The molecule has 0 radical (unpaired) electrons. The Labute approximate surface area is 205 Å². The molecule has 34 heavy (non-hydrogen) atoms. The number of carbonyl (C=O) groups is 1. The molecule has 0 saturated carbocycles. The highest BCUT2D eigenvalue weighted by Gasteiger charge is 2.29. The second-order valence-electron chi connectivity index (χ2n) is 8.24. The van der Waals surface area contributed by atoms with Crippen molar-refractivity contribution >= 4 is 44.0 Å². The van der Waals surface area contributed by atoms with Crippen molar-refractivity contribution in [1.82, 2.24) is 4.31 Å². The number of carbonyl (C=O) groups excluding carboxylic acids is 1. The van der Waals surface area contributed by atoms with Crippen LogP contribution in [0.3, 0.4) is 0 Å². The van der Waals surface area contributed by atoms with E-state index in [-0.39, 0.29) is 18.0 Å². The fourth-order valence-electron chi connectivity index (χ4n) is 3.79. The summed E-state index contributed by atoms with van der Waals surface area (Å²) in [7, 11) is -3.98. The Morgan fingerprint density at radius 1 is 0.882 bits per heavy atom. The lowest BCUT2D eigenvalue weighted by Crippen LogP contribution is -2.38. The Hall–Kier alpha value is -3.19. The monoisotopic (exact) mass is 492 g/mol. The molecule has 0 aliphatic carbocycles. The van der Waals surface area contributed by atoms with Gasteiger partial charge in [-0.1, -0.05) is 72.3 Å². The van der Waals surface area contributed by atoms with E-state index in [0.717, 1.165) is 16.3 Å². The van der Waals surface area contributed by atoms with Gasteiger partial charge in [-0.25, -0.2) is 8.42 Å². The quantitative estimate of drug-likeness (QED) is 0.347. The lowest BCUT2D eigenvalue weighted by atomic mass is 10.1. The number of halogens is 1. The Balaban J connectivity index is 1.65. The number of hydrogen-bond acceptors (Lipinski definition) is 3. The van der Waals surface area contributed by atoms with Gasteiger partial charge in [0.15, 0.2) is 0 Å². The molecule has 0 atom stereocenters. The molecular weight excluding hydrogens is 468 g/mol. The van der Waals surface area contributed by atoms with E-state index in [4.69, 9.17) is 11.6 Å². The van der Waals surface area contributed by atoms with Gasteiger partial charge < -0.3 is 5.32 Å². The number of amides is 1. The minimum Gasteiger partial charge on any atom is -0.325 e. The lowest BCUT2D eigenvalue weighted by Gasteiger charge is -2.23. The highest BCUT2D eigenvalue weighted by molar-refractivity contribution is 7.89. The predicted octanol–water partition coefficient (Wildman–Crippen LogP) is 5.94. The van der Waals surface area contributed by atoms with Crippen LogP contribution in [0, 0.1) is 13.8 Å². The van der Waals surface area contributed by atoms with E-state index in [9.17, 15) is 13.2 Å². The average Bonchev–Trinajstić information content (AvgIpc) is 2.81. The average molecular weight is 493 g/mol. The Morgan fingerprint density at radius 2 is 1.59 bits per heavy atom. The number of nitrogens with one attached hydrogen (secondary N) is 1. The number of hydrogen-bond donors (Lipinski definition) is 1. The summed E-state index contributed by atoms with van der Waals surface area (Å²) in [6.45, 7) is 3.20. The molecule has 5 nitrogen and oxygen atoms in total. The van der Waals surface area contributed by atoms with Gasteiger partial charge in [0.25, 0.3) is 0 Å². The van der Waals surface area contributed by atoms with Gasteiger partial charge in [0.1, 0.15) is 0 Å². The first kappa shape index (κ1) is 24.0. The molecule has 0 bridgehead atoms. The van der Waals surface area contributed by atoms with E-state index < -0.39 is 15.9 Å². The molecule has 4 aromatic carbocycles. The maximum absolute atomic E-state index is 13.7. The molecule has 0 heterocycles. The number of sulfonamides is 1. The molecule has 0 aromatic heterocycles. The summed E-state index contributed by atoms with van der Waals surface area (Å²) < 4.78 is 28.5. The highest BCUT2D eigenvalue weighted by atomic mass is 35.5. The fourth-order valence-corrected chi connectivity index (χ4v) is 5.67. The van der Waals surface area contributed by atoms with Crippen LogP contribution in [0.1, 0.15) is 16.7 Å². The molecule has 7 heteroatoms. The minimum absolute atomic E-state index is 0.0273. The van der Waals surface area contributed by atoms with Gasteiger partial charge in [0.2, 0.25) is 15.9 Å². The minimum atomic E-state index is -3.98.